The highest BCUT2D eigenvalue weighted by molar-refractivity contribution is 5.32. The smallest absolute Gasteiger partial charge is 0.0555 e. The van der Waals surface area contributed by atoms with Crippen LogP contribution in [0.2, 0.25) is 0 Å². The van der Waals surface area contributed by atoms with Gasteiger partial charge in [0.2, 0.25) is 0 Å². The van der Waals surface area contributed by atoms with Crippen LogP contribution < -0.4 is 5.32 Å². The number of aryl methyl sites for hydroxylation is 1. The van der Waals surface area contributed by atoms with Gasteiger partial charge in [-0.2, -0.15) is 0 Å². The Labute approximate surface area is 109 Å². The van der Waals surface area contributed by atoms with Gasteiger partial charge in [0, 0.05) is 12.1 Å². The number of rotatable bonds is 2. The van der Waals surface area contributed by atoms with Crippen molar-refractivity contribution in [2.45, 2.75) is 63.1 Å². The molecule has 0 radical (unpaired) electrons. The summed E-state index contributed by atoms with van der Waals surface area (Å²) in [5.41, 5.74) is 3.00. The van der Waals surface area contributed by atoms with Crippen molar-refractivity contribution in [3.63, 3.8) is 0 Å². The van der Waals surface area contributed by atoms with Crippen molar-refractivity contribution >= 4 is 0 Å². The summed E-state index contributed by atoms with van der Waals surface area (Å²) in [6.07, 6.45) is 7.95. The van der Waals surface area contributed by atoms with Gasteiger partial charge in [0.15, 0.2) is 0 Å². The highest BCUT2D eigenvalue weighted by atomic mass is 16.3. The van der Waals surface area contributed by atoms with E-state index >= 15 is 0 Å². The van der Waals surface area contributed by atoms with Gasteiger partial charge < -0.3 is 10.4 Å². The maximum absolute atomic E-state index is 9.76. The molecule has 0 aliphatic heterocycles. The molecular formula is C16H23NO. The lowest BCUT2D eigenvalue weighted by atomic mass is 9.85. The number of aliphatic hydroxyl groups excluding tert-OH is 1. The van der Waals surface area contributed by atoms with Crippen molar-refractivity contribution in [3.05, 3.63) is 35.4 Å². The molecule has 1 aromatic carbocycles. The van der Waals surface area contributed by atoms with E-state index in [4.69, 9.17) is 0 Å². The predicted octanol–water partition coefficient (Wildman–Crippen LogP) is 2.96. The number of aliphatic hydroxyl groups is 1. The Morgan fingerprint density at radius 3 is 2.83 bits per heavy atom. The fourth-order valence-corrected chi connectivity index (χ4v) is 3.53. The lowest BCUT2D eigenvalue weighted by Gasteiger charge is -2.33. The minimum Gasteiger partial charge on any atom is -0.393 e. The van der Waals surface area contributed by atoms with Crippen LogP contribution in [-0.2, 0) is 6.42 Å². The third kappa shape index (κ3) is 2.60. The van der Waals surface area contributed by atoms with Crippen LogP contribution in [0.15, 0.2) is 24.3 Å². The first-order valence-corrected chi connectivity index (χ1v) is 7.35. The zero-order chi connectivity index (χ0) is 12.4. The maximum Gasteiger partial charge on any atom is 0.0555 e. The molecule has 0 spiro atoms. The van der Waals surface area contributed by atoms with Gasteiger partial charge in [0.1, 0.15) is 0 Å². The Kier molecular flexibility index (Phi) is 3.67. The summed E-state index contributed by atoms with van der Waals surface area (Å²) >= 11 is 0. The Morgan fingerprint density at radius 2 is 1.94 bits per heavy atom. The summed E-state index contributed by atoms with van der Waals surface area (Å²) in [6.45, 7) is 0. The standard InChI is InChI=1S/C16H23NO/c18-14-8-4-7-13(11-14)17-16-10-3-6-12-5-1-2-9-15(12)16/h1-2,5,9,13-14,16-18H,3-4,6-8,10-11H2. The quantitative estimate of drug-likeness (QED) is 0.839. The molecule has 2 N–H and O–H groups in total. The van der Waals surface area contributed by atoms with Crippen LogP contribution >= 0.6 is 0 Å². The molecule has 1 saturated carbocycles. The molecule has 0 heterocycles. The van der Waals surface area contributed by atoms with Crippen molar-refractivity contribution in [1.29, 1.82) is 0 Å². The van der Waals surface area contributed by atoms with Gasteiger partial charge in [-0.1, -0.05) is 24.3 Å². The molecule has 2 heteroatoms. The number of fused-ring (bicyclic) bond motifs is 1. The van der Waals surface area contributed by atoms with E-state index in [0.717, 1.165) is 19.3 Å². The molecule has 2 nitrogen and oxygen atoms in total. The van der Waals surface area contributed by atoms with Crippen LogP contribution in [0.4, 0.5) is 0 Å². The Bertz CT molecular complexity index is 404. The van der Waals surface area contributed by atoms with Crippen LogP contribution in [0.1, 0.15) is 55.7 Å². The van der Waals surface area contributed by atoms with Crippen molar-refractivity contribution in [2.75, 3.05) is 0 Å². The largest absolute Gasteiger partial charge is 0.393 e. The second kappa shape index (κ2) is 5.41. The van der Waals surface area contributed by atoms with E-state index in [-0.39, 0.29) is 6.10 Å². The van der Waals surface area contributed by atoms with Crippen LogP contribution in [0.25, 0.3) is 0 Å². The molecule has 0 bridgehead atoms. The molecule has 3 atom stereocenters. The first-order chi connectivity index (χ1) is 8.83. The molecule has 2 aliphatic rings. The van der Waals surface area contributed by atoms with E-state index in [9.17, 15) is 5.11 Å². The van der Waals surface area contributed by atoms with Gasteiger partial charge in [0.25, 0.3) is 0 Å². The van der Waals surface area contributed by atoms with Crippen molar-refractivity contribution in [2.24, 2.45) is 0 Å². The Hall–Kier alpha value is -0.860. The molecule has 0 amide bonds. The molecule has 1 aromatic rings. The van der Waals surface area contributed by atoms with E-state index < -0.39 is 0 Å². The van der Waals surface area contributed by atoms with Crippen molar-refractivity contribution < 1.29 is 5.11 Å². The summed E-state index contributed by atoms with van der Waals surface area (Å²) in [5.74, 6) is 0. The highest BCUT2D eigenvalue weighted by Crippen LogP contribution is 2.31. The SMILES string of the molecule is OC1CCCC(NC2CCCc3ccccc32)C1. The minimum absolute atomic E-state index is 0.0879. The van der Waals surface area contributed by atoms with Gasteiger partial charge >= 0.3 is 0 Å². The zero-order valence-corrected chi connectivity index (χ0v) is 10.9. The summed E-state index contributed by atoms with van der Waals surface area (Å²) in [6, 6.07) is 9.83. The first kappa shape index (κ1) is 12.2. The summed E-state index contributed by atoms with van der Waals surface area (Å²) in [4.78, 5) is 0. The molecular weight excluding hydrogens is 222 g/mol. The Balaban J connectivity index is 1.70. The predicted molar refractivity (Wildman–Crippen MR) is 73.5 cm³/mol. The first-order valence-electron chi connectivity index (χ1n) is 7.35. The average Bonchev–Trinajstić information content (AvgIpc) is 2.39. The van der Waals surface area contributed by atoms with Crippen LogP contribution in [0, 0.1) is 0 Å². The fourth-order valence-electron chi connectivity index (χ4n) is 3.53. The number of hydrogen-bond acceptors (Lipinski definition) is 2. The van der Waals surface area contributed by atoms with E-state index in [1.165, 1.54) is 36.8 Å². The molecule has 0 aromatic heterocycles. The summed E-state index contributed by atoms with van der Waals surface area (Å²) in [7, 11) is 0. The van der Waals surface area contributed by atoms with Crippen LogP contribution in [0.5, 0.6) is 0 Å². The zero-order valence-electron chi connectivity index (χ0n) is 10.9. The molecule has 3 unspecified atom stereocenters. The fraction of sp³-hybridized carbons (Fsp3) is 0.625. The van der Waals surface area contributed by atoms with E-state index in [2.05, 4.69) is 29.6 Å². The average molecular weight is 245 g/mol. The third-order valence-corrected chi connectivity index (χ3v) is 4.45. The van der Waals surface area contributed by atoms with Crippen molar-refractivity contribution in [3.8, 4) is 0 Å². The minimum atomic E-state index is -0.0879. The molecule has 1 fully saturated rings. The summed E-state index contributed by atoms with van der Waals surface area (Å²) < 4.78 is 0. The lowest BCUT2D eigenvalue weighted by molar-refractivity contribution is 0.107. The van der Waals surface area contributed by atoms with Gasteiger partial charge in [-0.05, 0) is 56.1 Å². The number of benzene rings is 1. The maximum atomic E-state index is 9.76. The third-order valence-electron chi connectivity index (χ3n) is 4.45. The van der Waals surface area contributed by atoms with Crippen molar-refractivity contribution in [1.82, 2.24) is 5.32 Å². The lowest BCUT2D eigenvalue weighted by Crippen LogP contribution is -2.39. The molecule has 18 heavy (non-hydrogen) atoms. The monoisotopic (exact) mass is 245 g/mol. The molecule has 0 saturated heterocycles. The highest BCUT2D eigenvalue weighted by Gasteiger charge is 2.25. The second-order valence-electron chi connectivity index (χ2n) is 5.83. The number of nitrogens with one attached hydrogen (secondary N) is 1. The van der Waals surface area contributed by atoms with Gasteiger partial charge in [0.05, 0.1) is 6.10 Å². The Morgan fingerprint density at radius 1 is 1.06 bits per heavy atom. The van der Waals surface area contributed by atoms with Crippen LogP contribution in [0.3, 0.4) is 0 Å². The molecule has 3 rings (SSSR count). The molecule has 98 valence electrons. The van der Waals surface area contributed by atoms with Gasteiger partial charge in [-0.15, -0.1) is 0 Å². The van der Waals surface area contributed by atoms with Gasteiger partial charge in [-0.3, -0.25) is 0 Å². The van der Waals surface area contributed by atoms with E-state index in [1.54, 1.807) is 0 Å². The normalized spacial score (nSPS) is 31.9. The van der Waals surface area contributed by atoms with E-state index in [1.807, 2.05) is 0 Å². The second-order valence-corrected chi connectivity index (χ2v) is 5.83. The van der Waals surface area contributed by atoms with Gasteiger partial charge in [-0.25, -0.2) is 0 Å². The number of hydrogen-bond donors (Lipinski definition) is 2. The topological polar surface area (TPSA) is 32.3 Å². The van der Waals surface area contributed by atoms with Crippen LogP contribution in [-0.4, -0.2) is 17.3 Å². The molecule has 2 aliphatic carbocycles. The summed E-state index contributed by atoms with van der Waals surface area (Å²) in [5, 5.41) is 13.5. The van der Waals surface area contributed by atoms with E-state index in [0.29, 0.717) is 12.1 Å².